The number of aliphatic carboxylic acids is 1. The summed E-state index contributed by atoms with van der Waals surface area (Å²) in [6.07, 6.45) is 15.7. The zero-order chi connectivity index (χ0) is 18.5. The van der Waals surface area contributed by atoms with E-state index in [1.807, 2.05) is 0 Å². The molecule has 0 aromatic rings. The van der Waals surface area contributed by atoms with Crippen molar-refractivity contribution >= 4 is 5.97 Å². The van der Waals surface area contributed by atoms with E-state index in [2.05, 4.69) is 20.8 Å². The van der Waals surface area contributed by atoms with Gasteiger partial charge in [0.1, 0.15) is 0 Å². The van der Waals surface area contributed by atoms with Gasteiger partial charge in [-0.1, -0.05) is 33.6 Å². The smallest absolute Gasteiger partial charge is 0.303 e. The minimum Gasteiger partial charge on any atom is -0.481 e. The largest absolute Gasteiger partial charge is 0.481 e. The summed E-state index contributed by atoms with van der Waals surface area (Å²) >= 11 is 0. The summed E-state index contributed by atoms with van der Waals surface area (Å²) in [7, 11) is 0. The highest BCUT2D eigenvalue weighted by Gasteiger charge is 2.60. The molecule has 0 saturated heterocycles. The monoisotopic (exact) mass is 360 g/mol. The van der Waals surface area contributed by atoms with Crippen LogP contribution in [0.15, 0.2) is 0 Å². The van der Waals surface area contributed by atoms with Gasteiger partial charge < -0.3 is 5.11 Å². The average Bonchev–Trinajstić information content (AvgIpc) is 2.96. The predicted octanol–water partition coefficient (Wildman–Crippen LogP) is 6.54. The molecular formula is C24H40O2. The number of rotatable bonds is 4. The summed E-state index contributed by atoms with van der Waals surface area (Å²) in [5.41, 5.74) is 1.12. The minimum atomic E-state index is -0.621. The van der Waals surface area contributed by atoms with Gasteiger partial charge in [0.05, 0.1) is 0 Å². The lowest BCUT2D eigenvalue weighted by Crippen LogP contribution is -2.53. The van der Waals surface area contributed by atoms with Gasteiger partial charge in [0.25, 0.3) is 0 Å². The molecule has 0 spiro atoms. The van der Waals surface area contributed by atoms with Crippen molar-refractivity contribution in [3.05, 3.63) is 0 Å². The molecule has 2 heteroatoms. The molecule has 148 valence electrons. The van der Waals surface area contributed by atoms with Gasteiger partial charge in [-0.2, -0.15) is 0 Å². The number of carbonyl (C=O) groups is 1. The van der Waals surface area contributed by atoms with Crippen molar-refractivity contribution in [2.45, 2.75) is 97.8 Å². The molecule has 0 bridgehead atoms. The molecule has 0 heterocycles. The first-order chi connectivity index (χ1) is 12.4. The number of carboxylic acids is 1. The molecule has 0 aliphatic heterocycles. The fourth-order valence-electron chi connectivity index (χ4n) is 8.82. The van der Waals surface area contributed by atoms with E-state index >= 15 is 0 Å². The SMILES string of the molecule is CC(CCC(=O)O)[C@H]1CC[C@H]2[C@@H]3CCC4CCCC[C@]4(C)[C@H]3CC[C@]12C. The minimum absolute atomic E-state index is 0.351. The molecule has 2 unspecified atom stereocenters. The third kappa shape index (κ3) is 2.85. The maximum absolute atomic E-state index is 11.0. The molecule has 4 rings (SSSR count). The van der Waals surface area contributed by atoms with Crippen molar-refractivity contribution < 1.29 is 9.90 Å². The number of hydrogen-bond donors (Lipinski definition) is 1. The van der Waals surface area contributed by atoms with Gasteiger partial charge in [-0.05, 0) is 104 Å². The van der Waals surface area contributed by atoms with E-state index in [0.717, 1.165) is 36.0 Å². The first-order valence-electron chi connectivity index (χ1n) is 11.6. The van der Waals surface area contributed by atoms with Crippen LogP contribution in [0, 0.1) is 46.3 Å². The number of carboxylic acid groups (broad SMARTS) is 1. The Balaban J connectivity index is 1.52. The van der Waals surface area contributed by atoms with Gasteiger partial charge in [-0.15, -0.1) is 0 Å². The lowest BCUT2D eigenvalue weighted by Gasteiger charge is -2.61. The molecule has 0 amide bonds. The van der Waals surface area contributed by atoms with Crippen molar-refractivity contribution in [1.82, 2.24) is 0 Å². The highest BCUT2D eigenvalue weighted by Crippen LogP contribution is 2.68. The Morgan fingerprint density at radius 1 is 0.962 bits per heavy atom. The number of hydrogen-bond acceptors (Lipinski definition) is 1. The topological polar surface area (TPSA) is 37.3 Å². The second-order valence-electron chi connectivity index (χ2n) is 11.0. The Morgan fingerprint density at radius 3 is 2.50 bits per heavy atom. The summed E-state index contributed by atoms with van der Waals surface area (Å²) in [5, 5.41) is 9.09. The Kier molecular flexibility index (Phi) is 4.93. The Hall–Kier alpha value is -0.530. The van der Waals surface area contributed by atoms with E-state index in [4.69, 9.17) is 5.11 Å². The van der Waals surface area contributed by atoms with Crippen LogP contribution < -0.4 is 0 Å². The molecule has 4 aliphatic rings. The van der Waals surface area contributed by atoms with E-state index < -0.39 is 5.97 Å². The zero-order valence-corrected chi connectivity index (χ0v) is 17.3. The molecule has 1 N–H and O–H groups in total. The summed E-state index contributed by atoms with van der Waals surface area (Å²) in [5.74, 6) is 4.57. The average molecular weight is 361 g/mol. The Morgan fingerprint density at radius 2 is 1.73 bits per heavy atom. The maximum Gasteiger partial charge on any atom is 0.303 e. The fraction of sp³-hybridized carbons (Fsp3) is 0.958. The fourth-order valence-corrected chi connectivity index (χ4v) is 8.82. The van der Waals surface area contributed by atoms with Crippen LogP contribution in [0.4, 0.5) is 0 Å². The molecule has 2 nitrogen and oxygen atoms in total. The molecule has 4 saturated carbocycles. The van der Waals surface area contributed by atoms with Crippen molar-refractivity contribution in [1.29, 1.82) is 0 Å². The van der Waals surface area contributed by atoms with Crippen LogP contribution in [-0.2, 0) is 4.79 Å². The summed E-state index contributed by atoms with van der Waals surface area (Å²) < 4.78 is 0. The molecule has 26 heavy (non-hydrogen) atoms. The Bertz CT molecular complexity index is 542. The predicted molar refractivity (Wildman–Crippen MR) is 106 cm³/mol. The summed E-state index contributed by atoms with van der Waals surface area (Å²) in [4.78, 5) is 11.0. The quantitative estimate of drug-likeness (QED) is 0.618. The molecule has 8 atom stereocenters. The zero-order valence-electron chi connectivity index (χ0n) is 17.3. The van der Waals surface area contributed by atoms with Crippen molar-refractivity contribution in [3.8, 4) is 0 Å². The van der Waals surface area contributed by atoms with Crippen molar-refractivity contribution in [3.63, 3.8) is 0 Å². The van der Waals surface area contributed by atoms with Crippen LogP contribution in [0.1, 0.15) is 97.8 Å². The van der Waals surface area contributed by atoms with Crippen LogP contribution >= 0.6 is 0 Å². The van der Waals surface area contributed by atoms with E-state index in [1.165, 1.54) is 64.2 Å². The highest BCUT2D eigenvalue weighted by atomic mass is 16.4. The van der Waals surface area contributed by atoms with Crippen molar-refractivity contribution in [2.75, 3.05) is 0 Å². The van der Waals surface area contributed by atoms with Gasteiger partial charge in [0, 0.05) is 6.42 Å². The summed E-state index contributed by atoms with van der Waals surface area (Å²) in [6.45, 7) is 7.60. The second-order valence-corrected chi connectivity index (χ2v) is 11.0. The van der Waals surface area contributed by atoms with Gasteiger partial charge >= 0.3 is 5.97 Å². The van der Waals surface area contributed by atoms with Crippen LogP contribution in [0.3, 0.4) is 0 Å². The van der Waals surface area contributed by atoms with Gasteiger partial charge in [0.15, 0.2) is 0 Å². The maximum atomic E-state index is 11.0. The number of fused-ring (bicyclic) bond motifs is 5. The molecule has 4 aliphatic carbocycles. The van der Waals surface area contributed by atoms with Crippen molar-refractivity contribution in [2.24, 2.45) is 46.3 Å². The van der Waals surface area contributed by atoms with Crippen LogP contribution in [0.5, 0.6) is 0 Å². The first-order valence-corrected chi connectivity index (χ1v) is 11.6. The van der Waals surface area contributed by atoms with E-state index in [0.29, 0.717) is 23.2 Å². The summed E-state index contributed by atoms with van der Waals surface area (Å²) in [6, 6.07) is 0. The molecule has 0 aromatic heterocycles. The highest BCUT2D eigenvalue weighted by molar-refractivity contribution is 5.66. The van der Waals surface area contributed by atoms with Crippen LogP contribution in [-0.4, -0.2) is 11.1 Å². The van der Waals surface area contributed by atoms with E-state index in [1.54, 1.807) is 0 Å². The third-order valence-electron chi connectivity index (χ3n) is 10.2. The molecule has 0 aromatic carbocycles. The van der Waals surface area contributed by atoms with E-state index in [-0.39, 0.29) is 0 Å². The van der Waals surface area contributed by atoms with Crippen LogP contribution in [0.25, 0.3) is 0 Å². The molecular weight excluding hydrogens is 320 g/mol. The Labute approximate surface area is 160 Å². The molecule has 4 fully saturated rings. The van der Waals surface area contributed by atoms with E-state index in [9.17, 15) is 4.79 Å². The van der Waals surface area contributed by atoms with Gasteiger partial charge in [-0.25, -0.2) is 0 Å². The first kappa shape index (κ1) is 18.8. The van der Waals surface area contributed by atoms with Crippen LogP contribution in [0.2, 0.25) is 0 Å². The van der Waals surface area contributed by atoms with Gasteiger partial charge in [0.2, 0.25) is 0 Å². The lowest BCUT2D eigenvalue weighted by molar-refractivity contribution is -0.137. The van der Waals surface area contributed by atoms with Gasteiger partial charge in [-0.3, -0.25) is 4.79 Å². The lowest BCUT2D eigenvalue weighted by atomic mass is 9.44. The second kappa shape index (κ2) is 6.82. The normalized spacial score (nSPS) is 49.0. The third-order valence-corrected chi connectivity index (χ3v) is 10.2. The standard InChI is InChI=1S/C24H40O2/c1-16(7-12-22(25)26)19-10-11-20-18-9-8-17-6-4-5-14-23(17,2)21(18)13-15-24(19,20)3/h16-21H,4-15H2,1-3H3,(H,25,26)/t16?,17?,18-,19+,20-,21-,23-,24+/m0/s1. The molecule has 0 radical (unpaired) electrons.